The van der Waals surface area contributed by atoms with Crippen molar-refractivity contribution < 1.29 is 44.2 Å². The van der Waals surface area contributed by atoms with E-state index in [9.17, 15) is 30.3 Å². The van der Waals surface area contributed by atoms with Gasteiger partial charge in [0, 0.05) is 6.07 Å². The van der Waals surface area contributed by atoms with Gasteiger partial charge in [0.15, 0.2) is 5.75 Å². The van der Waals surface area contributed by atoms with Crippen LogP contribution in [0.25, 0.3) is 11.0 Å². The topological polar surface area (TPSA) is 159 Å². The van der Waals surface area contributed by atoms with Crippen LogP contribution in [0.2, 0.25) is 0 Å². The molecule has 0 bridgehead atoms. The quantitative estimate of drug-likeness (QED) is 0.407. The maximum atomic E-state index is 12.5. The number of rotatable bonds is 5. The molecule has 10 heteroatoms. The van der Waals surface area contributed by atoms with E-state index in [1.54, 1.807) is 0 Å². The van der Waals surface area contributed by atoms with Crippen LogP contribution in [0.1, 0.15) is 32.6 Å². The molecule has 2 aromatic rings. The molecule has 1 aromatic heterocycles. The van der Waals surface area contributed by atoms with E-state index in [0.29, 0.717) is 5.92 Å². The number of aromatic hydroxyl groups is 1. The van der Waals surface area contributed by atoms with Gasteiger partial charge in [0.05, 0.1) is 18.1 Å². The van der Waals surface area contributed by atoms with E-state index in [4.69, 9.17) is 18.6 Å². The summed E-state index contributed by atoms with van der Waals surface area (Å²) in [5, 5.41) is 50.0. The molecular weight excluding hydrogens is 424 g/mol. The van der Waals surface area contributed by atoms with Crippen LogP contribution >= 0.6 is 0 Å². The van der Waals surface area contributed by atoms with Gasteiger partial charge >= 0.3 is 5.63 Å². The van der Waals surface area contributed by atoms with Crippen molar-refractivity contribution in [3.05, 3.63) is 28.6 Å². The fourth-order valence-electron chi connectivity index (χ4n) is 4.14. The summed E-state index contributed by atoms with van der Waals surface area (Å²) in [6.07, 6.45) is -3.78. The third-order valence-corrected chi connectivity index (χ3v) is 6.16. The van der Waals surface area contributed by atoms with Crippen molar-refractivity contribution >= 4 is 11.0 Å². The molecule has 0 radical (unpaired) electrons. The maximum Gasteiger partial charge on any atom is 0.383 e. The summed E-state index contributed by atoms with van der Waals surface area (Å²) >= 11 is 0. The second-order valence-electron chi connectivity index (χ2n) is 8.54. The summed E-state index contributed by atoms with van der Waals surface area (Å²) < 4.78 is 21.9. The van der Waals surface area contributed by atoms with E-state index in [2.05, 4.69) is 6.92 Å². The van der Waals surface area contributed by atoms with Crippen molar-refractivity contribution in [1.29, 1.82) is 0 Å². The predicted octanol–water partition coefficient (Wildman–Crippen LogP) is 0.635. The highest BCUT2D eigenvalue weighted by molar-refractivity contribution is 5.86. The van der Waals surface area contributed by atoms with Crippen LogP contribution in [-0.2, 0) is 4.74 Å². The van der Waals surface area contributed by atoms with Crippen LogP contribution in [0.4, 0.5) is 0 Å². The molecule has 1 saturated heterocycles. The largest absolute Gasteiger partial charge is 0.504 e. The summed E-state index contributed by atoms with van der Waals surface area (Å²) in [6.45, 7) is 1.58. The summed E-state index contributed by atoms with van der Waals surface area (Å²) in [6, 6.07) is 4.24. The van der Waals surface area contributed by atoms with E-state index in [1.165, 1.54) is 18.2 Å². The van der Waals surface area contributed by atoms with Gasteiger partial charge in [-0.3, -0.25) is 0 Å². The van der Waals surface area contributed by atoms with Crippen LogP contribution in [0, 0.1) is 5.92 Å². The van der Waals surface area contributed by atoms with Crippen LogP contribution < -0.4 is 15.1 Å². The van der Waals surface area contributed by atoms with E-state index in [-0.39, 0.29) is 34.3 Å². The average molecular weight is 452 g/mol. The summed E-state index contributed by atoms with van der Waals surface area (Å²) in [5.74, 6) is 0.173. The Bertz CT molecular complexity index is 994. The molecule has 1 aliphatic carbocycles. The molecule has 2 fully saturated rings. The Hall–Kier alpha value is -2.37. The highest BCUT2D eigenvalue weighted by Crippen LogP contribution is 2.36. The van der Waals surface area contributed by atoms with Crippen molar-refractivity contribution in [1.82, 2.24) is 0 Å². The molecule has 176 valence electrons. The molecule has 0 amide bonds. The Balaban J connectivity index is 1.55. The monoisotopic (exact) mass is 452 g/mol. The first-order valence-electron chi connectivity index (χ1n) is 10.7. The van der Waals surface area contributed by atoms with Gasteiger partial charge in [0.25, 0.3) is 0 Å². The lowest BCUT2D eigenvalue weighted by Crippen LogP contribution is -2.60. The Labute approximate surface area is 183 Å². The van der Waals surface area contributed by atoms with Gasteiger partial charge in [0.1, 0.15) is 35.7 Å². The molecule has 5 N–H and O–H groups in total. The minimum atomic E-state index is -1.59. The zero-order valence-corrected chi connectivity index (χ0v) is 17.6. The van der Waals surface area contributed by atoms with Gasteiger partial charge < -0.3 is 44.2 Å². The Morgan fingerprint density at radius 1 is 1.03 bits per heavy atom. The van der Waals surface area contributed by atoms with Gasteiger partial charge in [0.2, 0.25) is 12.0 Å². The third-order valence-electron chi connectivity index (χ3n) is 6.16. The summed E-state index contributed by atoms with van der Waals surface area (Å²) in [5.41, 5.74) is -0.794. The lowest BCUT2D eigenvalue weighted by atomic mass is 9.89. The number of fused-ring (bicyclic) bond motifs is 1. The molecule has 1 aromatic carbocycles. The normalized spacial score (nSPS) is 33.2. The van der Waals surface area contributed by atoms with Gasteiger partial charge in [-0.1, -0.05) is 6.92 Å². The van der Waals surface area contributed by atoms with E-state index in [1.807, 2.05) is 0 Å². The third kappa shape index (κ3) is 4.41. The number of aliphatic hydroxyl groups is 4. The summed E-state index contributed by atoms with van der Waals surface area (Å²) in [4.78, 5) is 12.5. The fraction of sp³-hybridized carbons (Fsp3) is 0.591. The molecule has 1 saturated carbocycles. The minimum Gasteiger partial charge on any atom is -0.504 e. The van der Waals surface area contributed by atoms with Crippen molar-refractivity contribution in [2.45, 2.75) is 69.4 Å². The van der Waals surface area contributed by atoms with E-state index in [0.717, 1.165) is 25.7 Å². The fourth-order valence-corrected chi connectivity index (χ4v) is 4.14. The molecule has 0 spiro atoms. The first-order valence-corrected chi connectivity index (χ1v) is 10.7. The van der Waals surface area contributed by atoms with Crippen LogP contribution in [0.3, 0.4) is 0 Å². The molecule has 2 heterocycles. The SMILES string of the molecule is C[C@H]1CC[C@@H](Oc2c(O)c3ccc(O[C@@H]4O[C@H](CO)[C@@H](O)[C@H](O)[C@H]4O)cc3oc2=O)CC1. The average Bonchev–Trinajstić information content (AvgIpc) is 2.78. The zero-order valence-electron chi connectivity index (χ0n) is 17.6. The summed E-state index contributed by atoms with van der Waals surface area (Å²) in [7, 11) is 0. The molecule has 5 atom stereocenters. The highest BCUT2D eigenvalue weighted by atomic mass is 16.7. The van der Waals surface area contributed by atoms with Crippen LogP contribution in [0.5, 0.6) is 17.2 Å². The molecule has 2 aliphatic rings. The van der Waals surface area contributed by atoms with Crippen molar-refractivity contribution in [3.63, 3.8) is 0 Å². The smallest absolute Gasteiger partial charge is 0.383 e. The van der Waals surface area contributed by atoms with E-state index < -0.39 is 42.9 Å². The molecule has 0 unspecified atom stereocenters. The molecule has 4 rings (SSSR count). The highest BCUT2D eigenvalue weighted by Gasteiger charge is 2.44. The Morgan fingerprint density at radius 2 is 1.75 bits per heavy atom. The number of aliphatic hydroxyl groups excluding tert-OH is 4. The number of hydrogen-bond donors (Lipinski definition) is 5. The second-order valence-corrected chi connectivity index (χ2v) is 8.54. The van der Waals surface area contributed by atoms with Crippen LogP contribution in [-0.4, -0.2) is 68.9 Å². The van der Waals surface area contributed by atoms with Crippen molar-refractivity contribution in [2.75, 3.05) is 6.61 Å². The van der Waals surface area contributed by atoms with Crippen molar-refractivity contribution in [2.24, 2.45) is 5.92 Å². The minimum absolute atomic E-state index is 0.0270. The van der Waals surface area contributed by atoms with Gasteiger partial charge in [-0.2, -0.15) is 0 Å². The molecular formula is C22H28O10. The van der Waals surface area contributed by atoms with Gasteiger partial charge in [-0.25, -0.2) is 4.79 Å². The number of benzene rings is 1. The Kier molecular flexibility index (Phi) is 6.59. The lowest BCUT2D eigenvalue weighted by Gasteiger charge is -2.39. The van der Waals surface area contributed by atoms with Gasteiger partial charge in [-0.15, -0.1) is 0 Å². The lowest BCUT2D eigenvalue weighted by molar-refractivity contribution is -0.277. The Morgan fingerprint density at radius 3 is 2.44 bits per heavy atom. The first-order chi connectivity index (χ1) is 15.3. The molecule has 10 nitrogen and oxygen atoms in total. The van der Waals surface area contributed by atoms with E-state index >= 15 is 0 Å². The number of ether oxygens (including phenoxy) is 3. The second kappa shape index (κ2) is 9.24. The predicted molar refractivity (Wildman–Crippen MR) is 111 cm³/mol. The van der Waals surface area contributed by atoms with Crippen LogP contribution in [0.15, 0.2) is 27.4 Å². The zero-order chi connectivity index (χ0) is 23.0. The number of hydrogen-bond acceptors (Lipinski definition) is 10. The maximum absolute atomic E-state index is 12.5. The molecule has 32 heavy (non-hydrogen) atoms. The standard InChI is InChI=1S/C22H28O10/c1-10-2-4-11(5-3-10)29-20-16(24)13-7-6-12(8-14(13)31-21(20)28)30-22-19(27)18(26)17(25)15(9-23)32-22/h6-8,10-11,15,17-19,22-27H,2-5,9H2,1H3/t10-,11+,15-,17-,18+,19-,22-/m1/s1. The van der Waals surface area contributed by atoms with Crippen molar-refractivity contribution in [3.8, 4) is 17.2 Å². The molecule has 1 aliphatic heterocycles. The first kappa shape index (κ1) is 22.8. The van der Waals surface area contributed by atoms with Gasteiger partial charge in [-0.05, 0) is 43.7 Å².